The van der Waals surface area contributed by atoms with Gasteiger partial charge in [-0.2, -0.15) is 0 Å². The molecule has 0 unspecified atom stereocenters. The Morgan fingerprint density at radius 3 is 2.65 bits per heavy atom. The van der Waals surface area contributed by atoms with E-state index in [2.05, 4.69) is 23.7 Å². The molecule has 3 heterocycles. The summed E-state index contributed by atoms with van der Waals surface area (Å²) in [6.45, 7) is 11.6. The summed E-state index contributed by atoms with van der Waals surface area (Å²) in [5.74, 6) is 0.741. The van der Waals surface area contributed by atoms with E-state index in [0.29, 0.717) is 12.0 Å². The van der Waals surface area contributed by atoms with Crippen molar-refractivity contribution in [3.63, 3.8) is 0 Å². The highest BCUT2D eigenvalue weighted by molar-refractivity contribution is 7.13. The molecule has 2 aliphatic heterocycles. The highest BCUT2D eigenvalue weighted by atomic mass is 32.1. The molecule has 2 atom stereocenters. The molecule has 1 aromatic rings. The average molecular weight is 337 g/mol. The Morgan fingerprint density at radius 1 is 1.30 bits per heavy atom. The maximum atomic E-state index is 12.9. The van der Waals surface area contributed by atoms with E-state index in [1.54, 1.807) is 11.3 Å². The number of hydrogen-bond donors (Lipinski definition) is 0. The molecule has 0 spiro atoms. The summed E-state index contributed by atoms with van der Waals surface area (Å²) >= 11 is 1.56. The summed E-state index contributed by atoms with van der Waals surface area (Å²) < 4.78 is 5.47. The van der Waals surface area contributed by atoms with Gasteiger partial charge in [0.25, 0.3) is 5.91 Å². The summed E-state index contributed by atoms with van der Waals surface area (Å²) in [5.41, 5.74) is 0.889. The van der Waals surface area contributed by atoms with Crippen LogP contribution in [0.2, 0.25) is 0 Å². The van der Waals surface area contributed by atoms with Crippen molar-refractivity contribution in [1.82, 2.24) is 14.8 Å². The predicted molar refractivity (Wildman–Crippen MR) is 92.1 cm³/mol. The number of ether oxygens (including phenoxy) is 1. The van der Waals surface area contributed by atoms with Crippen molar-refractivity contribution in [2.75, 3.05) is 39.4 Å². The van der Waals surface area contributed by atoms with Crippen molar-refractivity contribution in [1.29, 1.82) is 0 Å². The van der Waals surface area contributed by atoms with Crippen LogP contribution in [-0.4, -0.2) is 66.1 Å². The third kappa shape index (κ3) is 3.44. The Kier molecular flexibility index (Phi) is 5.34. The van der Waals surface area contributed by atoms with Gasteiger partial charge in [0.1, 0.15) is 4.88 Å². The van der Waals surface area contributed by atoms with Crippen LogP contribution in [0.25, 0.3) is 0 Å². The first kappa shape index (κ1) is 16.9. The summed E-state index contributed by atoms with van der Waals surface area (Å²) in [5, 5.41) is 1.06. The lowest BCUT2D eigenvalue weighted by molar-refractivity contribution is 0.0103. The molecule has 0 aromatic carbocycles. The number of morpholine rings is 1. The Morgan fingerprint density at radius 2 is 2.04 bits per heavy atom. The van der Waals surface area contributed by atoms with Crippen molar-refractivity contribution in [2.24, 2.45) is 5.92 Å². The molecule has 0 aliphatic carbocycles. The Labute approximate surface area is 142 Å². The van der Waals surface area contributed by atoms with E-state index in [1.165, 1.54) is 0 Å². The van der Waals surface area contributed by atoms with Crippen molar-refractivity contribution in [3.05, 3.63) is 15.6 Å². The number of amides is 1. The summed E-state index contributed by atoms with van der Waals surface area (Å²) in [4.78, 5) is 22.9. The number of nitrogens with zero attached hydrogens (tertiary/aromatic N) is 3. The van der Waals surface area contributed by atoms with Crippen LogP contribution in [0.1, 0.15) is 40.6 Å². The van der Waals surface area contributed by atoms with Crippen LogP contribution in [0, 0.1) is 12.8 Å². The molecule has 6 heteroatoms. The minimum absolute atomic E-state index is 0.175. The Hall–Kier alpha value is -0.980. The third-order valence-corrected chi connectivity index (χ3v) is 6.36. The van der Waals surface area contributed by atoms with Crippen LogP contribution < -0.4 is 0 Å². The van der Waals surface area contributed by atoms with E-state index in [0.717, 1.165) is 67.8 Å². The number of carbonyl (C=O) groups is 1. The highest BCUT2D eigenvalue weighted by Crippen LogP contribution is 2.29. The number of thiazole rings is 1. The zero-order chi connectivity index (χ0) is 16.4. The maximum Gasteiger partial charge on any atom is 0.265 e. The Balaban J connectivity index is 1.73. The number of carbonyl (C=O) groups excluding carboxylic acids is 1. The second-order valence-electron chi connectivity index (χ2n) is 6.47. The van der Waals surface area contributed by atoms with E-state index < -0.39 is 0 Å². The molecule has 0 radical (unpaired) electrons. The molecular formula is C17H27N3O2S. The molecule has 0 saturated carbocycles. The quantitative estimate of drug-likeness (QED) is 0.845. The number of aryl methyl sites for hydroxylation is 2. The molecular weight excluding hydrogens is 310 g/mol. The molecule has 2 fully saturated rings. The van der Waals surface area contributed by atoms with E-state index in [-0.39, 0.29) is 5.91 Å². The first-order chi connectivity index (χ1) is 11.1. The Bertz CT molecular complexity index is 554. The van der Waals surface area contributed by atoms with E-state index in [4.69, 9.17) is 4.74 Å². The molecule has 1 aromatic heterocycles. The molecule has 0 N–H and O–H groups in total. The lowest BCUT2D eigenvalue weighted by Crippen LogP contribution is -2.47. The van der Waals surface area contributed by atoms with Gasteiger partial charge in [0, 0.05) is 32.2 Å². The number of rotatable bonds is 4. The van der Waals surface area contributed by atoms with Gasteiger partial charge in [0.15, 0.2) is 0 Å². The molecule has 128 valence electrons. The molecule has 5 nitrogen and oxygen atoms in total. The minimum Gasteiger partial charge on any atom is -0.379 e. The molecule has 3 rings (SSSR count). The van der Waals surface area contributed by atoms with Crippen LogP contribution in [0.3, 0.4) is 0 Å². The smallest absolute Gasteiger partial charge is 0.265 e. The summed E-state index contributed by atoms with van der Waals surface area (Å²) in [7, 11) is 0. The molecule has 23 heavy (non-hydrogen) atoms. The fraction of sp³-hybridized carbons (Fsp3) is 0.765. The number of likely N-dealkylation sites (tertiary alicyclic amines) is 1. The van der Waals surface area contributed by atoms with Gasteiger partial charge < -0.3 is 9.64 Å². The van der Waals surface area contributed by atoms with Crippen molar-refractivity contribution in [3.8, 4) is 0 Å². The van der Waals surface area contributed by atoms with Crippen LogP contribution in [0.15, 0.2) is 0 Å². The van der Waals surface area contributed by atoms with Crippen molar-refractivity contribution < 1.29 is 9.53 Å². The van der Waals surface area contributed by atoms with E-state index in [9.17, 15) is 4.79 Å². The lowest BCUT2D eigenvalue weighted by Gasteiger charge is -2.34. The predicted octanol–water partition coefficient (Wildman–Crippen LogP) is 2.20. The van der Waals surface area contributed by atoms with Crippen LogP contribution >= 0.6 is 11.3 Å². The van der Waals surface area contributed by atoms with Gasteiger partial charge in [-0.25, -0.2) is 4.98 Å². The molecule has 2 saturated heterocycles. The highest BCUT2D eigenvalue weighted by Gasteiger charge is 2.39. The maximum absolute atomic E-state index is 12.9. The van der Waals surface area contributed by atoms with Crippen molar-refractivity contribution in [2.45, 2.75) is 39.7 Å². The summed E-state index contributed by atoms with van der Waals surface area (Å²) in [6, 6.07) is 0.478. The first-order valence-electron chi connectivity index (χ1n) is 8.71. The second-order valence-corrected chi connectivity index (χ2v) is 7.55. The van der Waals surface area contributed by atoms with Gasteiger partial charge in [-0.15, -0.1) is 11.3 Å². The number of hydrogen-bond acceptors (Lipinski definition) is 5. The van der Waals surface area contributed by atoms with Gasteiger partial charge in [0.2, 0.25) is 0 Å². The second kappa shape index (κ2) is 7.28. The van der Waals surface area contributed by atoms with Gasteiger partial charge in [-0.05, 0) is 19.3 Å². The normalized spacial score (nSPS) is 26.0. The molecule has 0 bridgehead atoms. The summed E-state index contributed by atoms with van der Waals surface area (Å²) in [6.07, 6.45) is 2.01. The van der Waals surface area contributed by atoms with Crippen molar-refractivity contribution >= 4 is 17.2 Å². The number of aromatic nitrogens is 1. The monoisotopic (exact) mass is 337 g/mol. The van der Waals surface area contributed by atoms with Gasteiger partial charge in [0.05, 0.1) is 23.9 Å². The van der Waals surface area contributed by atoms with Gasteiger partial charge in [-0.3, -0.25) is 9.69 Å². The van der Waals surface area contributed by atoms with Gasteiger partial charge >= 0.3 is 0 Å². The van der Waals surface area contributed by atoms with Crippen LogP contribution in [-0.2, 0) is 11.2 Å². The van der Waals surface area contributed by atoms with E-state index in [1.807, 2.05) is 11.8 Å². The van der Waals surface area contributed by atoms with Crippen LogP contribution in [0.4, 0.5) is 0 Å². The molecule has 1 amide bonds. The fourth-order valence-corrected chi connectivity index (χ4v) is 4.66. The average Bonchev–Trinajstić information content (AvgIpc) is 3.18. The third-order valence-electron chi connectivity index (χ3n) is 5.07. The zero-order valence-electron chi connectivity index (χ0n) is 14.4. The topological polar surface area (TPSA) is 45.7 Å². The van der Waals surface area contributed by atoms with E-state index >= 15 is 0 Å². The van der Waals surface area contributed by atoms with Gasteiger partial charge in [-0.1, -0.05) is 20.3 Å². The first-order valence-corrected chi connectivity index (χ1v) is 9.53. The molecule has 2 aliphatic rings. The van der Waals surface area contributed by atoms with Crippen LogP contribution in [0.5, 0.6) is 0 Å². The SMILES string of the molecule is CCc1nc(C)c(C(=O)N2C[C@@H](CC)[C@@H](N3CCOCC3)C2)s1. The minimum atomic E-state index is 0.175. The fourth-order valence-electron chi connectivity index (χ4n) is 3.69. The lowest BCUT2D eigenvalue weighted by atomic mass is 9.99. The largest absolute Gasteiger partial charge is 0.379 e. The zero-order valence-corrected chi connectivity index (χ0v) is 15.2. The standard InChI is InChI=1S/C17H27N3O2S/c1-4-13-10-20(11-14(13)19-6-8-22-9-7-19)17(21)16-12(3)18-15(5-2)23-16/h13-14H,4-11H2,1-3H3/t13-,14+/m1/s1.